The Kier molecular flexibility index (Phi) is 5.41. The van der Waals surface area contributed by atoms with Crippen LogP contribution >= 0.6 is 0 Å². The van der Waals surface area contributed by atoms with E-state index in [0.29, 0.717) is 6.61 Å². The first kappa shape index (κ1) is 14.0. The second kappa shape index (κ2) is 6.59. The van der Waals surface area contributed by atoms with Crippen molar-refractivity contribution in [2.45, 2.75) is 26.0 Å². The van der Waals surface area contributed by atoms with Gasteiger partial charge in [0.25, 0.3) is 0 Å². The topological polar surface area (TPSA) is 50.5 Å². The highest BCUT2D eigenvalue weighted by molar-refractivity contribution is 5.46. The summed E-state index contributed by atoms with van der Waals surface area (Å²) in [6.07, 6.45) is 0.215. The standard InChI is InChI=1S/C13H23N3O/c1-10(2)17-9-13(15-14)11-5-7-12(8-6-11)16(3)4/h5-8,10,13,15H,9,14H2,1-4H3. The van der Waals surface area contributed by atoms with Gasteiger partial charge in [0.1, 0.15) is 0 Å². The van der Waals surface area contributed by atoms with E-state index in [-0.39, 0.29) is 12.1 Å². The highest BCUT2D eigenvalue weighted by Gasteiger charge is 2.10. The van der Waals surface area contributed by atoms with Gasteiger partial charge in [0, 0.05) is 19.8 Å². The maximum Gasteiger partial charge on any atom is 0.0694 e. The number of ether oxygens (including phenoxy) is 1. The molecular formula is C13H23N3O. The summed E-state index contributed by atoms with van der Waals surface area (Å²) in [6, 6.07) is 8.34. The molecule has 0 aliphatic heterocycles. The minimum absolute atomic E-state index is 0.0358. The van der Waals surface area contributed by atoms with Gasteiger partial charge in [-0.2, -0.15) is 0 Å². The number of nitrogens with zero attached hydrogens (tertiary/aromatic N) is 1. The number of hydrogen-bond donors (Lipinski definition) is 2. The number of benzene rings is 1. The minimum Gasteiger partial charge on any atom is -0.378 e. The van der Waals surface area contributed by atoms with Crippen LogP contribution in [0.15, 0.2) is 24.3 Å². The largest absolute Gasteiger partial charge is 0.378 e. The average Bonchev–Trinajstić information content (AvgIpc) is 2.30. The fourth-order valence-electron chi connectivity index (χ4n) is 1.53. The Morgan fingerprint density at radius 1 is 1.24 bits per heavy atom. The van der Waals surface area contributed by atoms with Gasteiger partial charge in [-0.3, -0.25) is 11.3 Å². The number of hydrogen-bond acceptors (Lipinski definition) is 4. The zero-order valence-corrected chi connectivity index (χ0v) is 11.1. The highest BCUT2D eigenvalue weighted by Crippen LogP contribution is 2.18. The maximum absolute atomic E-state index is 5.57. The predicted molar refractivity (Wildman–Crippen MR) is 71.9 cm³/mol. The molecule has 0 radical (unpaired) electrons. The van der Waals surface area contributed by atoms with Crippen molar-refractivity contribution >= 4 is 5.69 Å². The number of hydrazine groups is 1. The third kappa shape index (κ3) is 4.34. The third-order valence-electron chi connectivity index (χ3n) is 2.61. The molecule has 0 aromatic heterocycles. The SMILES string of the molecule is CC(C)OCC(NN)c1ccc(N(C)C)cc1. The molecule has 0 amide bonds. The highest BCUT2D eigenvalue weighted by atomic mass is 16.5. The van der Waals surface area contributed by atoms with Gasteiger partial charge in [-0.1, -0.05) is 12.1 Å². The van der Waals surface area contributed by atoms with Crippen LogP contribution in [-0.4, -0.2) is 26.8 Å². The molecule has 4 heteroatoms. The van der Waals surface area contributed by atoms with Crippen molar-refractivity contribution in [1.82, 2.24) is 5.43 Å². The molecule has 0 fully saturated rings. The number of nitrogens with two attached hydrogens (primary N) is 1. The molecule has 1 rings (SSSR count). The first-order valence-corrected chi connectivity index (χ1v) is 5.89. The summed E-state index contributed by atoms with van der Waals surface area (Å²) in [7, 11) is 4.05. The molecule has 0 aliphatic rings. The van der Waals surface area contributed by atoms with Gasteiger partial charge < -0.3 is 9.64 Å². The van der Waals surface area contributed by atoms with E-state index in [4.69, 9.17) is 10.6 Å². The molecule has 1 aromatic carbocycles. The van der Waals surface area contributed by atoms with Gasteiger partial charge in [-0.05, 0) is 31.5 Å². The van der Waals surface area contributed by atoms with Crippen LogP contribution in [0.25, 0.3) is 0 Å². The normalized spacial score (nSPS) is 12.8. The van der Waals surface area contributed by atoms with Crippen LogP contribution in [0.3, 0.4) is 0 Å². The van der Waals surface area contributed by atoms with Gasteiger partial charge in [0.2, 0.25) is 0 Å². The Balaban J connectivity index is 2.68. The Hall–Kier alpha value is -1.10. The smallest absolute Gasteiger partial charge is 0.0694 e. The van der Waals surface area contributed by atoms with E-state index < -0.39 is 0 Å². The van der Waals surface area contributed by atoms with Crippen molar-refractivity contribution in [1.29, 1.82) is 0 Å². The Bertz CT molecular complexity index is 322. The van der Waals surface area contributed by atoms with Crippen molar-refractivity contribution in [3.8, 4) is 0 Å². The summed E-state index contributed by atoms with van der Waals surface area (Å²) in [5.74, 6) is 5.55. The molecule has 17 heavy (non-hydrogen) atoms. The number of anilines is 1. The third-order valence-corrected chi connectivity index (χ3v) is 2.61. The van der Waals surface area contributed by atoms with Crippen LogP contribution in [-0.2, 0) is 4.74 Å². The molecule has 0 heterocycles. The zero-order chi connectivity index (χ0) is 12.8. The zero-order valence-electron chi connectivity index (χ0n) is 11.1. The van der Waals surface area contributed by atoms with Crippen molar-refractivity contribution in [3.63, 3.8) is 0 Å². The second-order valence-electron chi connectivity index (χ2n) is 4.59. The van der Waals surface area contributed by atoms with E-state index in [9.17, 15) is 0 Å². The molecule has 1 aromatic rings. The lowest BCUT2D eigenvalue weighted by atomic mass is 10.1. The molecule has 4 nitrogen and oxygen atoms in total. The lowest BCUT2D eigenvalue weighted by Gasteiger charge is -2.19. The van der Waals surface area contributed by atoms with Crippen LogP contribution < -0.4 is 16.2 Å². The quantitative estimate of drug-likeness (QED) is 0.584. The molecule has 3 N–H and O–H groups in total. The molecule has 96 valence electrons. The molecule has 0 aliphatic carbocycles. The van der Waals surface area contributed by atoms with Crippen LogP contribution in [0, 0.1) is 0 Å². The Morgan fingerprint density at radius 2 is 1.82 bits per heavy atom. The van der Waals surface area contributed by atoms with Gasteiger partial charge in [0.15, 0.2) is 0 Å². The van der Waals surface area contributed by atoms with Crippen LogP contribution in [0.2, 0.25) is 0 Å². The van der Waals surface area contributed by atoms with Crippen molar-refractivity contribution in [2.75, 3.05) is 25.6 Å². The lowest BCUT2D eigenvalue weighted by Crippen LogP contribution is -2.32. The molecule has 0 spiro atoms. The molecule has 0 saturated heterocycles. The van der Waals surface area contributed by atoms with E-state index in [0.717, 1.165) is 5.56 Å². The fraction of sp³-hybridized carbons (Fsp3) is 0.538. The second-order valence-corrected chi connectivity index (χ2v) is 4.59. The summed E-state index contributed by atoms with van der Waals surface area (Å²) in [6.45, 7) is 4.61. The van der Waals surface area contributed by atoms with Crippen molar-refractivity contribution in [3.05, 3.63) is 29.8 Å². The maximum atomic E-state index is 5.57. The van der Waals surface area contributed by atoms with Crippen LogP contribution in [0.4, 0.5) is 5.69 Å². The fourth-order valence-corrected chi connectivity index (χ4v) is 1.53. The van der Waals surface area contributed by atoms with Crippen LogP contribution in [0.5, 0.6) is 0 Å². The summed E-state index contributed by atoms with van der Waals surface area (Å²) >= 11 is 0. The summed E-state index contributed by atoms with van der Waals surface area (Å²) in [5.41, 5.74) is 5.10. The Labute approximate surface area is 104 Å². The van der Waals surface area contributed by atoms with Gasteiger partial charge in [-0.25, -0.2) is 0 Å². The Morgan fingerprint density at radius 3 is 2.24 bits per heavy atom. The minimum atomic E-state index is 0.0358. The first-order chi connectivity index (χ1) is 8.04. The summed E-state index contributed by atoms with van der Waals surface area (Å²) in [4.78, 5) is 2.07. The van der Waals surface area contributed by atoms with Gasteiger partial charge in [0.05, 0.1) is 18.8 Å². The van der Waals surface area contributed by atoms with Gasteiger partial charge in [-0.15, -0.1) is 0 Å². The molecule has 1 atom stereocenters. The van der Waals surface area contributed by atoms with E-state index in [1.165, 1.54) is 5.69 Å². The summed E-state index contributed by atoms with van der Waals surface area (Å²) < 4.78 is 5.57. The average molecular weight is 237 g/mol. The molecule has 0 saturated carbocycles. The van der Waals surface area contributed by atoms with Crippen LogP contribution in [0.1, 0.15) is 25.5 Å². The van der Waals surface area contributed by atoms with E-state index in [2.05, 4.69) is 34.6 Å². The van der Waals surface area contributed by atoms with E-state index in [1.54, 1.807) is 0 Å². The van der Waals surface area contributed by atoms with Gasteiger partial charge >= 0.3 is 0 Å². The molecule has 1 unspecified atom stereocenters. The molecular weight excluding hydrogens is 214 g/mol. The number of rotatable bonds is 6. The lowest BCUT2D eigenvalue weighted by molar-refractivity contribution is 0.0611. The van der Waals surface area contributed by atoms with Crippen molar-refractivity contribution in [2.24, 2.45) is 5.84 Å². The number of nitrogens with one attached hydrogen (secondary N) is 1. The summed E-state index contributed by atoms with van der Waals surface area (Å²) in [5, 5.41) is 0. The van der Waals surface area contributed by atoms with Crippen molar-refractivity contribution < 1.29 is 4.74 Å². The van der Waals surface area contributed by atoms with E-state index >= 15 is 0 Å². The predicted octanol–water partition coefficient (Wildman–Crippen LogP) is 1.68. The first-order valence-electron chi connectivity index (χ1n) is 5.89. The van der Waals surface area contributed by atoms with E-state index in [1.807, 2.05) is 27.9 Å². The monoisotopic (exact) mass is 237 g/mol. The molecule has 0 bridgehead atoms.